The molecule has 6 nitrogen and oxygen atoms in total. The number of benzene rings is 2. The Morgan fingerprint density at radius 3 is 2.25 bits per heavy atom. The average Bonchev–Trinajstić information content (AvgIpc) is 3.13. The Morgan fingerprint density at radius 1 is 0.938 bits per heavy atom. The number of halogens is 1. The molecule has 0 radical (unpaired) electrons. The van der Waals surface area contributed by atoms with Crippen LogP contribution in [-0.2, 0) is 4.79 Å². The van der Waals surface area contributed by atoms with E-state index in [-0.39, 0.29) is 17.6 Å². The second-order valence-corrected chi connectivity index (χ2v) is 9.81. The normalized spacial score (nSPS) is 19.0. The van der Waals surface area contributed by atoms with E-state index >= 15 is 0 Å². The molecular formula is C25H29ClN3O3+. The lowest BCUT2D eigenvalue weighted by Crippen LogP contribution is -2.47. The Kier molecular flexibility index (Phi) is 6.26. The van der Waals surface area contributed by atoms with E-state index in [4.69, 9.17) is 16.0 Å². The highest BCUT2D eigenvalue weighted by molar-refractivity contribution is 6.30. The van der Waals surface area contributed by atoms with Crippen molar-refractivity contribution < 1.29 is 18.5 Å². The molecule has 32 heavy (non-hydrogen) atoms. The van der Waals surface area contributed by atoms with Crippen molar-refractivity contribution in [1.82, 2.24) is 0 Å². The maximum atomic E-state index is 13.1. The molecule has 0 atom stereocenters. The number of hydrogen-bond acceptors (Lipinski definition) is 3. The fraction of sp³-hybridized carbons (Fsp3) is 0.360. The van der Waals surface area contributed by atoms with Gasteiger partial charge in [0.1, 0.15) is 11.3 Å². The van der Waals surface area contributed by atoms with Crippen LogP contribution in [0.5, 0.6) is 0 Å². The van der Waals surface area contributed by atoms with E-state index in [1.165, 1.54) is 0 Å². The van der Waals surface area contributed by atoms with E-state index in [1.807, 2.05) is 18.2 Å². The van der Waals surface area contributed by atoms with E-state index in [2.05, 4.69) is 31.8 Å². The first-order valence-corrected chi connectivity index (χ1v) is 11.3. The monoisotopic (exact) mass is 454 g/mol. The summed E-state index contributed by atoms with van der Waals surface area (Å²) in [4.78, 5) is 26.1. The number of furan rings is 1. The predicted octanol–water partition coefficient (Wildman–Crippen LogP) is 5.54. The van der Waals surface area contributed by atoms with Gasteiger partial charge in [-0.2, -0.15) is 0 Å². The van der Waals surface area contributed by atoms with Gasteiger partial charge < -0.3 is 19.5 Å². The lowest BCUT2D eigenvalue weighted by atomic mass is 9.84. The molecular weight excluding hydrogens is 426 g/mol. The van der Waals surface area contributed by atoms with Gasteiger partial charge in [-0.1, -0.05) is 23.7 Å². The summed E-state index contributed by atoms with van der Waals surface area (Å²) in [7, 11) is 6.61. The van der Waals surface area contributed by atoms with Gasteiger partial charge in [-0.25, -0.2) is 0 Å². The van der Waals surface area contributed by atoms with Gasteiger partial charge in [0.05, 0.1) is 27.2 Å². The van der Waals surface area contributed by atoms with Gasteiger partial charge in [-0.05, 0) is 49.2 Å². The van der Waals surface area contributed by atoms with E-state index in [0.717, 1.165) is 30.2 Å². The van der Waals surface area contributed by atoms with Gasteiger partial charge in [0.15, 0.2) is 0 Å². The molecule has 1 heterocycles. The summed E-state index contributed by atoms with van der Waals surface area (Å²) >= 11 is 5.93. The van der Waals surface area contributed by atoms with Gasteiger partial charge in [-0.3, -0.25) is 9.59 Å². The van der Waals surface area contributed by atoms with Crippen molar-refractivity contribution in [3.63, 3.8) is 0 Å². The van der Waals surface area contributed by atoms with Crippen LogP contribution in [0.15, 0.2) is 52.9 Å². The number of rotatable bonds is 5. The number of amides is 2. The molecule has 0 aliphatic heterocycles. The molecule has 2 amide bonds. The highest BCUT2D eigenvalue weighted by Crippen LogP contribution is 2.34. The zero-order valence-electron chi connectivity index (χ0n) is 18.7. The zero-order valence-corrected chi connectivity index (χ0v) is 19.4. The third kappa shape index (κ3) is 4.81. The van der Waals surface area contributed by atoms with E-state index < -0.39 is 5.91 Å². The molecule has 3 aromatic rings. The topological polar surface area (TPSA) is 71.3 Å². The van der Waals surface area contributed by atoms with E-state index in [0.29, 0.717) is 33.4 Å². The molecule has 168 valence electrons. The summed E-state index contributed by atoms with van der Waals surface area (Å²) in [6, 6.07) is 14.7. The van der Waals surface area contributed by atoms with Gasteiger partial charge in [-0.15, -0.1) is 0 Å². The fourth-order valence-electron chi connectivity index (χ4n) is 4.39. The molecule has 1 saturated carbocycles. The Balaban J connectivity index is 1.55. The number of hydrogen-bond donors (Lipinski definition) is 2. The van der Waals surface area contributed by atoms with Gasteiger partial charge in [0.25, 0.3) is 5.91 Å². The minimum absolute atomic E-state index is 0.0584. The van der Waals surface area contributed by atoms with Crippen molar-refractivity contribution in [3.05, 3.63) is 59.3 Å². The van der Waals surface area contributed by atoms with Gasteiger partial charge in [0, 0.05) is 34.9 Å². The van der Waals surface area contributed by atoms with Crippen LogP contribution in [0.2, 0.25) is 5.02 Å². The van der Waals surface area contributed by atoms with E-state index in [1.54, 1.807) is 30.3 Å². The summed E-state index contributed by atoms with van der Waals surface area (Å²) in [5.41, 5.74) is 1.57. The summed E-state index contributed by atoms with van der Waals surface area (Å²) < 4.78 is 6.76. The Labute approximate surface area is 193 Å². The first kappa shape index (κ1) is 22.4. The molecule has 1 aliphatic carbocycles. The second-order valence-electron chi connectivity index (χ2n) is 9.37. The first-order chi connectivity index (χ1) is 15.2. The van der Waals surface area contributed by atoms with Gasteiger partial charge in [0.2, 0.25) is 11.7 Å². The van der Waals surface area contributed by atoms with Crippen LogP contribution in [-0.4, -0.2) is 43.5 Å². The van der Waals surface area contributed by atoms with E-state index in [9.17, 15) is 9.59 Å². The molecule has 0 unspecified atom stereocenters. The highest BCUT2D eigenvalue weighted by Gasteiger charge is 2.33. The van der Waals surface area contributed by atoms with Crippen molar-refractivity contribution >= 4 is 45.8 Å². The summed E-state index contributed by atoms with van der Waals surface area (Å²) in [6.07, 6.45) is 3.71. The molecule has 1 aromatic heterocycles. The average molecular weight is 455 g/mol. The summed E-state index contributed by atoms with van der Waals surface area (Å²) in [6.45, 7) is 0. The molecule has 2 aromatic carbocycles. The standard InChI is InChI=1S/C25H28ClN3O3/c1-29(2,3)19-14-8-16(9-15-19)24(30)28-22-20-6-4-5-7-21(20)32-23(22)25(31)27-18-12-10-17(26)11-13-18/h4-7,10-13,16,19H,8-9,14-15H2,1-3H3,(H-,27,28,30,31)/p+1. The molecule has 0 saturated heterocycles. The molecule has 0 spiro atoms. The number of anilines is 2. The number of nitrogens with one attached hydrogen (secondary N) is 2. The number of quaternary nitrogens is 1. The SMILES string of the molecule is C[N+](C)(C)C1CCC(C(=O)Nc2c(C(=O)Nc3ccc(Cl)cc3)oc3ccccc23)CC1. The van der Waals surface area contributed by atoms with Crippen molar-refractivity contribution in [2.24, 2.45) is 5.92 Å². The summed E-state index contributed by atoms with van der Waals surface area (Å²) in [5.74, 6) is -0.460. The highest BCUT2D eigenvalue weighted by atomic mass is 35.5. The van der Waals surface area contributed by atoms with Crippen LogP contribution in [0.4, 0.5) is 11.4 Å². The number of para-hydroxylation sites is 1. The van der Waals surface area contributed by atoms with Crippen molar-refractivity contribution in [3.8, 4) is 0 Å². The second kappa shape index (κ2) is 8.96. The molecule has 2 N–H and O–H groups in total. The Hall–Kier alpha value is -2.83. The lowest BCUT2D eigenvalue weighted by Gasteiger charge is -2.38. The van der Waals surface area contributed by atoms with Crippen LogP contribution in [0.25, 0.3) is 11.0 Å². The van der Waals surface area contributed by atoms with Crippen LogP contribution >= 0.6 is 11.6 Å². The molecule has 0 bridgehead atoms. The number of carbonyl (C=O) groups is 2. The molecule has 1 fully saturated rings. The quantitative estimate of drug-likeness (QED) is 0.497. The van der Waals surface area contributed by atoms with Crippen molar-refractivity contribution in [1.29, 1.82) is 0 Å². The van der Waals surface area contributed by atoms with Crippen molar-refractivity contribution in [2.45, 2.75) is 31.7 Å². The number of nitrogens with zero attached hydrogens (tertiary/aromatic N) is 1. The Bertz CT molecular complexity index is 1120. The third-order valence-corrected chi connectivity index (χ3v) is 6.57. The molecule has 1 aliphatic rings. The predicted molar refractivity (Wildman–Crippen MR) is 128 cm³/mol. The maximum Gasteiger partial charge on any atom is 0.293 e. The van der Waals surface area contributed by atoms with Crippen LogP contribution < -0.4 is 10.6 Å². The fourth-order valence-corrected chi connectivity index (χ4v) is 4.51. The van der Waals surface area contributed by atoms with Crippen LogP contribution in [0.1, 0.15) is 36.2 Å². The molecule has 4 rings (SSSR count). The first-order valence-electron chi connectivity index (χ1n) is 10.9. The third-order valence-electron chi connectivity index (χ3n) is 6.31. The van der Waals surface area contributed by atoms with Gasteiger partial charge >= 0.3 is 0 Å². The zero-order chi connectivity index (χ0) is 22.9. The number of carbonyl (C=O) groups excluding carboxylic acids is 2. The van der Waals surface area contributed by atoms with Crippen molar-refractivity contribution in [2.75, 3.05) is 31.8 Å². The maximum absolute atomic E-state index is 13.1. The number of fused-ring (bicyclic) bond motifs is 1. The lowest BCUT2D eigenvalue weighted by molar-refractivity contribution is -0.897. The summed E-state index contributed by atoms with van der Waals surface area (Å²) in [5, 5.41) is 7.12. The largest absolute Gasteiger partial charge is 0.449 e. The van der Waals surface area contributed by atoms with Crippen LogP contribution in [0, 0.1) is 5.92 Å². The minimum atomic E-state index is -0.424. The minimum Gasteiger partial charge on any atom is -0.449 e. The molecule has 7 heteroatoms. The Morgan fingerprint density at radius 2 is 1.59 bits per heavy atom. The smallest absolute Gasteiger partial charge is 0.293 e. The van der Waals surface area contributed by atoms with Crippen LogP contribution in [0.3, 0.4) is 0 Å².